The van der Waals surface area contributed by atoms with Gasteiger partial charge in [-0.15, -0.1) is 0 Å². The maximum Gasteiger partial charge on any atom is 0.140 e. The Bertz CT molecular complexity index is 3250. The van der Waals surface area contributed by atoms with Gasteiger partial charge in [-0.05, 0) is 83.1 Å². The molecule has 9 aromatic carbocycles. The number of hydrogen-bond donors (Lipinski definition) is 0. The summed E-state index contributed by atoms with van der Waals surface area (Å²) in [6.45, 7) is 2.22. The summed E-state index contributed by atoms with van der Waals surface area (Å²) in [7, 11) is 0. The lowest BCUT2D eigenvalue weighted by atomic mass is 9.65. The molecule has 2 aliphatic rings. The first-order valence-electron chi connectivity index (χ1n) is 19.7. The van der Waals surface area contributed by atoms with E-state index in [1.54, 1.807) is 0 Å². The van der Waals surface area contributed by atoms with Crippen molar-refractivity contribution in [1.29, 1.82) is 0 Å². The molecule has 3 heteroatoms. The van der Waals surface area contributed by atoms with Crippen molar-refractivity contribution in [3.05, 3.63) is 228 Å². The number of anilines is 3. The molecule has 1 aliphatic heterocycles. The average Bonchev–Trinajstić information content (AvgIpc) is 3.76. The van der Waals surface area contributed by atoms with Gasteiger partial charge in [0.25, 0.3) is 0 Å². The molecule has 1 atom stereocenters. The minimum absolute atomic E-state index is 0.600. The number of para-hydroxylation sites is 4. The Balaban J connectivity index is 1.18. The van der Waals surface area contributed by atoms with Crippen molar-refractivity contribution in [3.8, 4) is 28.3 Å². The van der Waals surface area contributed by atoms with Gasteiger partial charge in [-0.3, -0.25) is 0 Å². The number of ether oxygens (including phenoxy) is 1. The number of aromatic nitrogens is 1. The summed E-state index contributed by atoms with van der Waals surface area (Å²) in [5, 5.41) is 4.76. The fourth-order valence-corrected chi connectivity index (χ4v) is 10.0. The molecule has 0 saturated carbocycles. The first-order valence-corrected chi connectivity index (χ1v) is 19.7. The molecule has 0 amide bonds. The van der Waals surface area contributed by atoms with Gasteiger partial charge in [0.05, 0.1) is 22.1 Å². The highest BCUT2D eigenvalue weighted by atomic mass is 16.5. The van der Waals surface area contributed by atoms with Crippen molar-refractivity contribution in [2.24, 2.45) is 0 Å². The number of rotatable bonds is 4. The van der Waals surface area contributed by atoms with E-state index < -0.39 is 5.41 Å². The number of nitrogens with zero attached hydrogens (tertiary/aromatic N) is 2. The van der Waals surface area contributed by atoms with Gasteiger partial charge < -0.3 is 14.2 Å². The zero-order valence-corrected chi connectivity index (χ0v) is 31.4. The Hall–Kier alpha value is -7.36. The van der Waals surface area contributed by atoms with Gasteiger partial charge in [-0.2, -0.15) is 0 Å². The quantitative estimate of drug-likeness (QED) is 0.180. The van der Waals surface area contributed by atoms with Crippen molar-refractivity contribution < 1.29 is 4.74 Å². The zero-order valence-electron chi connectivity index (χ0n) is 31.4. The van der Waals surface area contributed by atoms with E-state index in [0.717, 1.165) is 45.2 Å². The van der Waals surface area contributed by atoms with Crippen molar-refractivity contribution >= 4 is 49.6 Å². The van der Waals surface area contributed by atoms with E-state index in [2.05, 4.69) is 217 Å². The molecule has 0 bridgehead atoms. The summed E-state index contributed by atoms with van der Waals surface area (Å²) in [4.78, 5) is 2.49. The molecular weight excluding hydrogens is 693 g/mol. The van der Waals surface area contributed by atoms with Crippen molar-refractivity contribution in [1.82, 2.24) is 4.57 Å². The fraction of sp³-hybridized carbons (Fsp3) is 0.0370. The van der Waals surface area contributed by atoms with Gasteiger partial charge in [0, 0.05) is 49.9 Å². The molecule has 268 valence electrons. The van der Waals surface area contributed by atoms with Crippen LogP contribution >= 0.6 is 0 Å². The van der Waals surface area contributed by atoms with E-state index in [1.807, 2.05) is 0 Å². The van der Waals surface area contributed by atoms with Crippen LogP contribution in [-0.4, -0.2) is 4.57 Å². The van der Waals surface area contributed by atoms with Crippen molar-refractivity contribution in [2.75, 3.05) is 4.90 Å². The normalized spacial score (nSPS) is 15.0. The highest BCUT2D eigenvalue weighted by molar-refractivity contribution is 6.11. The maximum absolute atomic E-state index is 6.94. The molecule has 1 aliphatic carbocycles. The third-order valence-corrected chi connectivity index (χ3v) is 12.4. The summed E-state index contributed by atoms with van der Waals surface area (Å²) in [5.74, 6) is 1.82. The molecule has 1 spiro atoms. The number of aryl methyl sites for hydroxylation is 1. The van der Waals surface area contributed by atoms with Gasteiger partial charge in [-0.25, -0.2) is 0 Å². The molecule has 10 aromatic rings. The summed E-state index contributed by atoms with van der Waals surface area (Å²) in [6, 6.07) is 73.0. The lowest BCUT2D eigenvalue weighted by molar-refractivity contribution is 0.441. The van der Waals surface area contributed by atoms with E-state index >= 15 is 0 Å². The summed E-state index contributed by atoms with van der Waals surface area (Å²) in [6.07, 6.45) is 0. The topological polar surface area (TPSA) is 17.4 Å². The molecule has 12 rings (SSSR count). The van der Waals surface area contributed by atoms with Gasteiger partial charge >= 0.3 is 0 Å². The predicted octanol–water partition coefficient (Wildman–Crippen LogP) is 14.2. The Morgan fingerprint density at radius 3 is 2.05 bits per heavy atom. The number of benzene rings is 9. The molecule has 0 saturated heterocycles. The Morgan fingerprint density at radius 2 is 1.16 bits per heavy atom. The van der Waals surface area contributed by atoms with E-state index in [0.29, 0.717) is 0 Å². The van der Waals surface area contributed by atoms with Crippen LogP contribution in [0.3, 0.4) is 0 Å². The minimum atomic E-state index is -0.600. The van der Waals surface area contributed by atoms with Crippen LogP contribution in [0.15, 0.2) is 200 Å². The fourth-order valence-electron chi connectivity index (χ4n) is 10.0. The van der Waals surface area contributed by atoms with Gasteiger partial charge in [0.2, 0.25) is 0 Å². The highest BCUT2D eigenvalue weighted by Crippen LogP contribution is 2.65. The van der Waals surface area contributed by atoms with E-state index in [4.69, 9.17) is 4.74 Å². The maximum atomic E-state index is 6.94. The summed E-state index contributed by atoms with van der Waals surface area (Å²) < 4.78 is 9.35. The SMILES string of the molecule is Cc1ccccc1N(c1ccc2c3ccccc3n(-c3ccccc3)c2c1)c1cccc2c1-c1ccccc1C21c2ccccc2Oc2c1ccc1ccccc21. The predicted molar refractivity (Wildman–Crippen MR) is 235 cm³/mol. The molecule has 0 radical (unpaired) electrons. The van der Waals surface area contributed by atoms with Crippen LogP contribution in [0.2, 0.25) is 0 Å². The zero-order chi connectivity index (χ0) is 37.7. The lowest BCUT2D eigenvalue weighted by Gasteiger charge is -2.40. The standard InChI is InChI=1S/C54H36N2O/c1-35-16-5-12-26-47(35)56(38-31-32-41-40-21-9-13-27-48(40)55(50(41)34-38)37-18-3-2-4-19-37)49-28-15-25-45-52(49)42-22-8-10-23-43(42)54(45)44-24-11-14-29-51(44)57-53-39-20-7-6-17-36(39)30-33-46(53)54/h2-34H,1H3. The number of hydrogen-bond acceptors (Lipinski definition) is 2. The van der Waals surface area contributed by atoms with Crippen LogP contribution in [0.4, 0.5) is 17.1 Å². The Kier molecular flexibility index (Phi) is 6.76. The second kappa shape index (κ2) is 12.1. The van der Waals surface area contributed by atoms with Crippen LogP contribution in [0.25, 0.3) is 49.4 Å². The summed E-state index contributed by atoms with van der Waals surface area (Å²) in [5.41, 5.74) is 14.8. The average molecular weight is 729 g/mol. The molecule has 1 aromatic heterocycles. The minimum Gasteiger partial charge on any atom is -0.456 e. The van der Waals surface area contributed by atoms with Crippen LogP contribution in [0.1, 0.15) is 27.8 Å². The third-order valence-electron chi connectivity index (χ3n) is 12.4. The highest BCUT2D eigenvalue weighted by Gasteiger charge is 2.52. The Labute approximate surface area is 331 Å². The van der Waals surface area contributed by atoms with Crippen LogP contribution < -0.4 is 9.64 Å². The third kappa shape index (κ3) is 4.37. The Morgan fingerprint density at radius 1 is 0.474 bits per heavy atom. The monoisotopic (exact) mass is 728 g/mol. The van der Waals surface area contributed by atoms with Crippen molar-refractivity contribution in [2.45, 2.75) is 12.3 Å². The van der Waals surface area contributed by atoms with Crippen LogP contribution in [-0.2, 0) is 5.41 Å². The molecule has 0 N–H and O–H groups in total. The first-order chi connectivity index (χ1) is 28.2. The van der Waals surface area contributed by atoms with Gasteiger partial charge in [-0.1, -0.05) is 152 Å². The second-order valence-corrected chi connectivity index (χ2v) is 15.3. The molecule has 2 heterocycles. The van der Waals surface area contributed by atoms with Crippen molar-refractivity contribution in [3.63, 3.8) is 0 Å². The number of fused-ring (bicyclic) bond motifs is 14. The van der Waals surface area contributed by atoms with E-state index in [-0.39, 0.29) is 0 Å². The van der Waals surface area contributed by atoms with Gasteiger partial charge in [0.15, 0.2) is 0 Å². The van der Waals surface area contributed by atoms with E-state index in [9.17, 15) is 0 Å². The smallest absolute Gasteiger partial charge is 0.140 e. The van der Waals surface area contributed by atoms with E-state index in [1.165, 1.54) is 60.6 Å². The molecule has 1 unspecified atom stereocenters. The first kappa shape index (κ1) is 31.9. The lowest BCUT2D eigenvalue weighted by Crippen LogP contribution is -2.32. The van der Waals surface area contributed by atoms with Crippen LogP contribution in [0.5, 0.6) is 11.5 Å². The largest absolute Gasteiger partial charge is 0.456 e. The molecule has 57 heavy (non-hydrogen) atoms. The summed E-state index contributed by atoms with van der Waals surface area (Å²) >= 11 is 0. The molecule has 0 fully saturated rings. The second-order valence-electron chi connectivity index (χ2n) is 15.3. The molecule has 3 nitrogen and oxygen atoms in total. The molecular formula is C54H36N2O. The van der Waals surface area contributed by atoms with Gasteiger partial charge in [0.1, 0.15) is 11.5 Å². The van der Waals surface area contributed by atoms with Crippen LogP contribution in [0, 0.1) is 6.92 Å².